The molecule has 2 aliphatic rings. The SMILES string of the molecule is Cc1nc(N)ncc1-c1nc(N2CCOCC2)c2nc3n(c2n1)COCC3(C)C. The normalized spacial score (nSPS) is 18.8. The van der Waals surface area contributed by atoms with Gasteiger partial charge in [-0.15, -0.1) is 0 Å². The maximum atomic E-state index is 5.84. The number of nitrogen functional groups attached to an aromatic ring is 1. The minimum atomic E-state index is -0.207. The van der Waals surface area contributed by atoms with Crippen LogP contribution in [0.3, 0.4) is 0 Å². The van der Waals surface area contributed by atoms with E-state index in [1.54, 1.807) is 6.20 Å². The van der Waals surface area contributed by atoms with Crippen LogP contribution < -0.4 is 10.6 Å². The fourth-order valence-corrected chi connectivity index (χ4v) is 3.90. The van der Waals surface area contributed by atoms with Crippen molar-refractivity contribution in [3.05, 3.63) is 17.7 Å². The van der Waals surface area contributed by atoms with Crippen molar-refractivity contribution in [2.45, 2.75) is 32.9 Å². The zero-order valence-electron chi connectivity index (χ0n) is 16.8. The Labute approximate surface area is 168 Å². The van der Waals surface area contributed by atoms with Crippen LogP contribution >= 0.6 is 0 Å². The molecule has 0 bridgehead atoms. The van der Waals surface area contributed by atoms with Gasteiger partial charge in [-0.25, -0.2) is 24.9 Å². The molecule has 0 aromatic carbocycles. The molecular weight excluding hydrogens is 372 g/mol. The monoisotopic (exact) mass is 396 g/mol. The minimum absolute atomic E-state index is 0.207. The molecule has 5 heterocycles. The predicted octanol–water partition coefficient (Wildman–Crippen LogP) is 1.28. The Balaban J connectivity index is 1.77. The van der Waals surface area contributed by atoms with Gasteiger partial charge in [-0.1, -0.05) is 13.8 Å². The average molecular weight is 396 g/mol. The Hall–Kier alpha value is -2.85. The number of fused-ring (bicyclic) bond motifs is 3. The van der Waals surface area contributed by atoms with Crippen molar-refractivity contribution in [3.63, 3.8) is 0 Å². The number of morpholine rings is 1. The Morgan fingerprint density at radius 2 is 1.86 bits per heavy atom. The highest BCUT2D eigenvalue weighted by Crippen LogP contribution is 2.35. The van der Waals surface area contributed by atoms with Gasteiger partial charge < -0.3 is 20.1 Å². The molecule has 0 radical (unpaired) electrons. The van der Waals surface area contributed by atoms with Gasteiger partial charge in [0.25, 0.3) is 0 Å². The molecule has 3 aromatic heterocycles. The standard InChI is InChI=1S/C19H24N8O2/c1-11-12(8-21-18(20)22-11)14-24-15(26-4-6-28-7-5-26)13-16(25-14)27-10-29-9-19(2,3)17(27)23-13/h8H,4-7,9-10H2,1-3H3,(H2,20,21,22). The summed E-state index contributed by atoms with van der Waals surface area (Å²) in [4.78, 5) is 25.4. The lowest BCUT2D eigenvalue weighted by Gasteiger charge is -2.29. The Morgan fingerprint density at radius 3 is 2.62 bits per heavy atom. The fourth-order valence-electron chi connectivity index (χ4n) is 3.90. The van der Waals surface area contributed by atoms with Crippen molar-refractivity contribution >= 4 is 22.9 Å². The van der Waals surface area contributed by atoms with Crippen molar-refractivity contribution in [1.82, 2.24) is 29.5 Å². The number of imidazole rings is 1. The number of anilines is 2. The van der Waals surface area contributed by atoms with E-state index in [9.17, 15) is 0 Å². The molecule has 0 saturated carbocycles. The van der Waals surface area contributed by atoms with Crippen LogP contribution in [0.2, 0.25) is 0 Å². The molecule has 0 amide bonds. The molecule has 2 N–H and O–H groups in total. The van der Waals surface area contributed by atoms with Crippen molar-refractivity contribution in [2.24, 2.45) is 0 Å². The second kappa shape index (κ2) is 6.60. The maximum absolute atomic E-state index is 5.84. The van der Waals surface area contributed by atoms with Gasteiger partial charge in [0, 0.05) is 24.7 Å². The highest BCUT2D eigenvalue weighted by Gasteiger charge is 2.34. The van der Waals surface area contributed by atoms with Gasteiger partial charge >= 0.3 is 0 Å². The van der Waals surface area contributed by atoms with Crippen molar-refractivity contribution in [1.29, 1.82) is 0 Å². The van der Waals surface area contributed by atoms with E-state index >= 15 is 0 Å². The molecule has 5 rings (SSSR count). The maximum Gasteiger partial charge on any atom is 0.220 e. The third-order valence-corrected chi connectivity index (χ3v) is 5.41. The number of nitrogens with two attached hydrogens (primary N) is 1. The van der Waals surface area contributed by atoms with E-state index in [-0.39, 0.29) is 11.4 Å². The van der Waals surface area contributed by atoms with Crippen molar-refractivity contribution in [2.75, 3.05) is 43.5 Å². The Kier molecular flexibility index (Phi) is 4.14. The average Bonchev–Trinajstić information content (AvgIpc) is 3.08. The van der Waals surface area contributed by atoms with Gasteiger partial charge in [0.2, 0.25) is 5.95 Å². The summed E-state index contributed by atoms with van der Waals surface area (Å²) in [6.07, 6.45) is 1.68. The fraction of sp³-hybridized carbons (Fsp3) is 0.526. The summed E-state index contributed by atoms with van der Waals surface area (Å²) in [5.74, 6) is 2.56. The molecule has 0 unspecified atom stereocenters. The molecule has 2 aliphatic heterocycles. The predicted molar refractivity (Wildman–Crippen MR) is 108 cm³/mol. The van der Waals surface area contributed by atoms with Crippen LogP contribution in [0.1, 0.15) is 25.4 Å². The van der Waals surface area contributed by atoms with Crippen LogP contribution in [-0.2, 0) is 21.6 Å². The molecule has 0 aliphatic carbocycles. The number of aromatic nitrogens is 6. The van der Waals surface area contributed by atoms with Crippen LogP contribution in [0.4, 0.5) is 11.8 Å². The van der Waals surface area contributed by atoms with Gasteiger partial charge in [0.15, 0.2) is 22.8 Å². The lowest BCUT2D eigenvalue weighted by Crippen LogP contribution is -2.37. The zero-order valence-corrected chi connectivity index (χ0v) is 16.8. The van der Waals surface area contributed by atoms with E-state index in [1.807, 2.05) is 11.5 Å². The Bertz CT molecular complexity index is 1090. The van der Waals surface area contributed by atoms with Gasteiger partial charge in [-0.3, -0.25) is 4.57 Å². The molecule has 1 saturated heterocycles. The number of rotatable bonds is 2. The first kappa shape index (κ1) is 18.2. The van der Waals surface area contributed by atoms with E-state index in [0.717, 1.165) is 47.2 Å². The molecule has 29 heavy (non-hydrogen) atoms. The largest absolute Gasteiger partial charge is 0.378 e. The highest BCUT2D eigenvalue weighted by molar-refractivity contribution is 5.86. The minimum Gasteiger partial charge on any atom is -0.378 e. The molecular formula is C19H24N8O2. The number of hydrogen-bond acceptors (Lipinski definition) is 9. The summed E-state index contributed by atoms with van der Waals surface area (Å²) < 4.78 is 13.4. The first-order valence-corrected chi connectivity index (χ1v) is 9.73. The van der Waals surface area contributed by atoms with E-state index in [2.05, 4.69) is 28.7 Å². The Morgan fingerprint density at radius 1 is 1.07 bits per heavy atom. The number of ether oxygens (including phenoxy) is 2. The van der Waals surface area contributed by atoms with E-state index in [0.29, 0.717) is 32.4 Å². The second-order valence-electron chi connectivity index (χ2n) is 8.09. The molecule has 0 spiro atoms. The highest BCUT2D eigenvalue weighted by atomic mass is 16.5. The van der Waals surface area contributed by atoms with E-state index in [4.69, 9.17) is 30.2 Å². The zero-order chi connectivity index (χ0) is 20.2. The van der Waals surface area contributed by atoms with Crippen molar-refractivity contribution in [3.8, 4) is 11.4 Å². The summed E-state index contributed by atoms with van der Waals surface area (Å²) in [7, 11) is 0. The molecule has 0 atom stereocenters. The molecule has 10 heteroatoms. The topological polar surface area (TPSA) is 117 Å². The third-order valence-electron chi connectivity index (χ3n) is 5.41. The molecule has 1 fully saturated rings. The van der Waals surface area contributed by atoms with Crippen LogP contribution in [0.25, 0.3) is 22.6 Å². The number of hydrogen-bond donors (Lipinski definition) is 1. The van der Waals surface area contributed by atoms with Gasteiger partial charge in [0.05, 0.1) is 31.1 Å². The van der Waals surface area contributed by atoms with Crippen molar-refractivity contribution < 1.29 is 9.47 Å². The number of nitrogens with zero attached hydrogens (tertiary/aromatic N) is 7. The first-order valence-electron chi connectivity index (χ1n) is 9.73. The van der Waals surface area contributed by atoms with Gasteiger partial charge in [-0.2, -0.15) is 0 Å². The summed E-state index contributed by atoms with van der Waals surface area (Å²) in [6.45, 7) is 10.0. The smallest absolute Gasteiger partial charge is 0.220 e. The first-order chi connectivity index (χ1) is 13.9. The summed E-state index contributed by atoms with van der Waals surface area (Å²) in [6, 6.07) is 0. The van der Waals surface area contributed by atoms with Crippen LogP contribution in [0.5, 0.6) is 0 Å². The second-order valence-corrected chi connectivity index (χ2v) is 8.09. The van der Waals surface area contributed by atoms with Crippen LogP contribution in [-0.4, -0.2) is 62.4 Å². The van der Waals surface area contributed by atoms with E-state index < -0.39 is 0 Å². The lowest BCUT2D eigenvalue weighted by molar-refractivity contribution is 0.0146. The van der Waals surface area contributed by atoms with Gasteiger partial charge in [0.1, 0.15) is 12.6 Å². The lowest BCUT2D eigenvalue weighted by atomic mass is 9.93. The van der Waals surface area contributed by atoms with Crippen LogP contribution in [0.15, 0.2) is 6.20 Å². The molecule has 3 aromatic rings. The summed E-state index contributed by atoms with van der Waals surface area (Å²) in [5, 5.41) is 0. The third kappa shape index (κ3) is 2.99. The van der Waals surface area contributed by atoms with Gasteiger partial charge in [-0.05, 0) is 6.92 Å². The summed E-state index contributed by atoms with van der Waals surface area (Å²) >= 11 is 0. The molecule has 10 nitrogen and oxygen atoms in total. The number of aryl methyl sites for hydroxylation is 1. The molecule has 152 valence electrons. The quantitative estimate of drug-likeness (QED) is 0.683. The summed E-state index contributed by atoms with van der Waals surface area (Å²) in [5.41, 5.74) is 8.56. The van der Waals surface area contributed by atoms with E-state index in [1.165, 1.54) is 0 Å². The van der Waals surface area contributed by atoms with Crippen LogP contribution in [0, 0.1) is 6.92 Å².